The fourth-order valence-corrected chi connectivity index (χ4v) is 2.54. The van der Waals surface area contributed by atoms with Crippen molar-refractivity contribution in [1.82, 2.24) is 5.43 Å². The number of anilines is 1. The molecule has 0 aliphatic carbocycles. The van der Waals surface area contributed by atoms with Gasteiger partial charge in [-0.1, -0.05) is 48.5 Å². The average molecular weight is 365 g/mol. The minimum absolute atomic E-state index is 0.0193. The number of amides is 1. The predicted molar refractivity (Wildman–Crippen MR) is 107 cm³/mol. The zero-order valence-electron chi connectivity index (χ0n) is 14.5. The van der Waals surface area contributed by atoms with Crippen LogP contribution in [0.4, 0.5) is 5.69 Å². The molecule has 132 valence electrons. The maximum atomic E-state index is 12.9. The van der Waals surface area contributed by atoms with Crippen LogP contribution >= 0.6 is 12.2 Å². The standard InChI is InChI=1S/C19H19N5OS/c1-12-7-6-8-13(2)16(12)22-18(25)17(23-24-19(21)26)15(11-20)14-9-4-3-5-10-14/h3-10,15H,1-2H3,(H,22,25)(H3,21,24,26)/b23-17-/t15-/m0/s1. The highest BCUT2D eigenvalue weighted by atomic mass is 32.1. The van der Waals surface area contributed by atoms with Crippen LogP contribution in [0.1, 0.15) is 22.6 Å². The van der Waals surface area contributed by atoms with E-state index in [2.05, 4.69) is 21.9 Å². The van der Waals surface area contributed by atoms with Crippen LogP contribution in [0.3, 0.4) is 0 Å². The zero-order valence-corrected chi connectivity index (χ0v) is 15.3. The van der Waals surface area contributed by atoms with Gasteiger partial charge in [-0.2, -0.15) is 10.4 Å². The molecule has 1 atom stereocenters. The summed E-state index contributed by atoms with van der Waals surface area (Å²) in [5.74, 6) is -1.37. The largest absolute Gasteiger partial charge is 0.375 e. The number of nitrogens with two attached hydrogens (primary N) is 1. The number of aryl methyl sites for hydroxylation is 2. The summed E-state index contributed by atoms with van der Waals surface area (Å²) in [4.78, 5) is 12.9. The molecule has 0 aliphatic rings. The van der Waals surface area contributed by atoms with E-state index < -0.39 is 11.8 Å². The highest BCUT2D eigenvalue weighted by molar-refractivity contribution is 7.80. The molecule has 26 heavy (non-hydrogen) atoms. The first-order valence-electron chi connectivity index (χ1n) is 7.89. The van der Waals surface area contributed by atoms with E-state index in [-0.39, 0.29) is 10.8 Å². The normalized spacial score (nSPS) is 12.0. The minimum Gasteiger partial charge on any atom is -0.375 e. The van der Waals surface area contributed by atoms with Crippen LogP contribution in [-0.4, -0.2) is 16.7 Å². The fourth-order valence-electron chi connectivity index (χ4n) is 2.49. The first kappa shape index (κ1) is 19.1. The molecule has 0 bridgehead atoms. The first-order valence-corrected chi connectivity index (χ1v) is 8.30. The molecule has 0 fully saturated rings. The number of benzene rings is 2. The highest BCUT2D eigenvalue weighted by Crippen LogP contribution is 2.22. The molecule has 0 saturated heterocycles. The van der Waals surface area contributed by atoms with Gasteiger partial charge in [0.2, 0.25) is 0 Å². The Balaban J connectivity index is 2.41. The van der Waals surface area contributed by atoms with Gasteiger partial charge in [-0.25, -0.2) is 0 Å². The van der Waals surface area contributed by atoms with Crippen molar-refractivity contribution in [3.63, 3.8) is 0 Å². The van der Waals surface area contributed by atoms with Crippen LogP contribution < -0.4 is 16.5 Å². The predicted octanol–water partition coefficient (Wildman–Crippen LogP) is 2.74. The van der Waals surface area contributed by atoms with E-state index in [0.29, 0.717) is 11.3 Å². The van der Waals surface area contributed by atoms with Crippen molar-refractivity contribution in [3.05, 3.63) is 65.2 Å². The Bertz CT molecular complexity index is 866. The molecule has 0 spiro atoms. The second-order valence-corrected chi connectivity index (χ2v) is 6.11. The van der Waals surface area contributed by atoms with Gasteiger partial charge in [0.15, 0.2) is 5.11 Å². The topological polar surface area (TPSA) is 103 Å². The Hall–Kier alpha value is -3.24. The van der Waals surface area contributed by atoms with Gasteiger partial charge in [0, 0.05) is 5.69 Å². The summed E-state index contributed by atoms with van der Waals surface area (Å²) in [6.45, 7) is 3.79. The highest BCUT2D eigenvalue weighted by Gasteiger charge is 2.26. The Kier molecular flexibility index (Phi) is 6.42. The summed E-state index contributed by atoms with van der Waals surface area (Å²) in [6.07, 6.45) is 0. The monoisotopic (exact) mass is 365 g/mol. The first-order chi connectivity index (χ1) is 12.4. The summed E-state index contributed by atoms with van der Waals surface area (Å²) in [5.41, 5.74) is 11.0. The lowest BCUT2D eigenvalue weighted by atomic mass is 9.94. The van der Waals surface area contributed by atoms with Crippen molar-refractivity contribution >= 4 is 34.6 Å². The van der Waals surface area contributed by atoms with Crippen LogP contribution in [0.5, 0.6) is 0 Å². The number of hydrazone groups is 1. The number of carbonyl (C=O) groups excluding carboxylic acids is 1. The van der Waals surface area contributed by atoms with E-state index in [1.54, 1.807) is 24.3 Å². The molecule has 0 heterocycles. The summed E-state index contributed by atoms with van der Waals surface area (Å²) in [5, 5.41) is 16.4. The summed E-state index contributed by atoms with van der Waals surface area (Å²) in [7, 11) is 0. The average Bonchev–Trinajstić information content (AvgIpc) is 2.62. The number of nitrogens with zero attached hydrogens (tertiary/aromatic N) is 2. The summed E-state index contributed by atoms with van der Waals surface area (Å²) in [6, 6.07) is 16.8. The van der Waals surface area contributed by atoms with Gasteiger partial charge in [0.25, 0.3) is 5.91 Å². The molecule has 0 radical (unpaired) electrons. The quantitative estimate of drug-likeness (QED) is 0.429. The number of nitriles is 1. The lowest BCUT2D eigenvalue weighted by Gasteiger charge is -2.16. The van der Waals surface area contributed by atoms with Gasteiger partial charge < -0.3 is 11.1 Å². The Morgan fingerprint density at radius 1 is 1.15 bits per heavy atom. The fraction of sp³-hybridized carbons (Fsp3) is 0.158. The molecule has 1 amide bonds. The van der Waals surface area contributed by atoms with Crippen LogP contribution in [0.15, 0.2) is 53.6 Å². The Morgan fingerprint density at radius 3 is 2.31 bits per heavy atom. The Morgan fingerprint density at radius 2 is 1.77 bits per heavy atom. The number of hydrogen-bond acceptors (Lipinski definition) is 4. The van der Waals surface area contributed by atoms with E-state index in [9.17, 15) is 10.1 Å². The molecule has 2 aromatic rings. The van der Waals surface area contributed by atoms with Crippen molar-refractivity contribution in [2.45, 2.75) is 19.8 Å². The third-order valence-electron chi connectivity index (χ3n) is 3.77. The van der Waals surface area contributed by atoms with Gasteiger partial charge in [-0.05, 0) is 42.8 Å². The second-order valence-electron chi connectivity index (χ2n) is 5.67. The molecule has 6 nitrogen and oxygen atoms in total. The molecule has 2 rings (SSSR count). The number of para-hydroxylation sites is 1. The lowest BCUT2D eigenvalue weighted by Crippen LogP contribution is -2.33. The van der Waals surface area contributed by atoms with Crippen molar-refractivity contribution in [2.24, 2.45) is 10.8 Å². The van der Waals surface area contributed by atoms with Gasteiger partial charge >= 0.3 is 0 Å². The number of thiocarbonyl (C=S) groups is 1. The lowest BCUT2D eigenvalue weighted by molar-refractivity contribution is -0.110. The third kappa shape index (κ3) is 4.65. The third-order valence-corrected chi connectivity index (χ3v) is 3.87. The number of carbonyl (C=O) groups is 1. The van der Waals surface area contributed by atoms with Crippen LogP contribution in [0.2, 0.25) is 0 Å². The van der Waals surface area contributed by atoms with Gasteiger partial charge in [-0.3, -0.25) is 10.2 Å². The maximum Gasteiger partial charge on any atom is 0.273 e. The molecule has 0 unspecified atom stereocenters. The summed E-state index contributed by atoms with van der Waals surface area (Å²) < 4.78 is 0. The van der Waals surface area contributed by atoms with Crippen LogP contribution in [-0.2, 0) is 4.79 Å². The number of nitrogens with one attached hydrogen (secondary N) is 2. The Labute approximate surface area is 157 Å². The molecule has 7 heteroatoms. The second kappa shape index (κ2) is 8.74. The molecule has 4 N–H and O–H groups in total. The smallest absolute Gasteiger partial charge is 0.273 e. The SMILES string of the molecule is Cc1cccc(C)c1NC(=O)/C(=N\NC(N)=S)[C@@H](C#N)c1ccccc1. The zero-order chi connectivity index (χ0) is 19.1. The molecule has 0 saturated carbocycles. The van der Waals surface area contributed by atoms with Gasteiger partial charge in [-0.15, -0.1) is 0 Å². The summed E-state index contributed by atoms with van der Waals surface area (Å²) >= 11 is 4.76. The van der Waals surface area contributed by atoms with Crippen molar-refractivity contribution < 1.29 is 4.79 Å². The van der Waals surface area contributed by atoms with Crippen LogP contribution in [0, 0.1) is 25.2 Å². The van der Waals surface area contributed by atoms with E-state index >= 15 is 0 Å². The van der Waals surface area contributed by atoms with Crippen LogP contribution in [0.25, 0.3) is 0 Å². The number of hydrogen-bond donors (Lipinski definition) is 3. The van der Waals surface area contributed by atoms with Gasteiger partial charge in [0.05, 0.1) is 6.07 Å². The van der Waals surface area contributed by atoms with E-state index in [0.717, 1.165) is 11.1 Å². The van der Waals surface area contributed by atoms with Crippen molar-refractivity contribution in [1.29, 1.82) is 5.26 Å². The van der Waals surface area contributed by atoms with E-state index in [1.165, 1.54) is 0 Å². The van der Waals surface area contributed by atoms with Crippen molar-refractivity contribution in [3.8, 4) is 6.07 Å². The molecule has 0 aromatic heterocycles. The van der Waals surface area contributed by atoms with E-state index in [1.807, 2.05) is 38.1 Å². The van der Waals surface area contributed by atoms with E-state index in [4.69, 9.17) is 18.0 Å². The molecule has 0 aliphatic heterocycles. The molecule has 2 aromatic carbocycles. The minimum atomic E-state index is -0.873. The maximum absolute atomic E-state index is 12.9. The van der Waals surface area contributed by atoms with Crippen molar-refractivity contribution in [2.75, 3.05) is 5.32 Å². The number of rotatable bonds is 5. The molecular formula is C19H19N5OS. The molecular weight excluding hydrogens is 346 g/mol. The van der Waals surface area contributed by atoms with Gasteiger partial charge in [0.1, 0.15) is 11.6 Å².